The first-order valence-corrected chi connectivity index (χ1v) is 10.7. The maximum Gasteiger partial charge on any atom is 0.243 e. The standard InChI is InChI=1S/C19H31N3O2S/c1-13-14(2)16(4)19(17(5)15(13)3)25(23,24)22-9-6-18(12-22)21-10-7-20-8-11-21/h18,20H,6-12H2,1-5H3. The second kappa shape index (κ2) is 6.99. The molecular weight excluding hydrogens is 334 g/mol. The average molecular weight is 366 g/mol. The predicted octanol–water partition coefficient (Wildman–Crippen LogP) is 1.90. The Morgan fingerprint density at radius 2 is 1.36 bits per heavy atom. The van der Waals surface area contributed by atoms with Crippen LogP contribution in [0.2, 0.25) is 0 Å². The van der Waals surface area contributed by atoms with Crippen molar-refractivity contribution in [3.05, 3.63) is 27.8 Å². The van der Waals surface area contributed by atoms with E-state index in [-0.39, 0.29) is 0 Å². The molecule has 2 heterocycles. The first kappa shape index (κ1) is 18.8. The van der Waals surface area contributed by atoms with E-state index < -0.39 is 10.0 Å². The summed E-state index contributed by atoms with van der Waals surface area (Å²) in [6.45, 7) is 15.3. The first-order valence-electron chi connectivity index (χ1n) is 9.27. The van der Waals surface area contributed by atoms with Gasteiger partial charge in [0.1, 0.15) is 0 Å². The van der Waals surface area contributed by atoms with Crippen LogP contribution in [0.15, 0.2) is 4.90 Å². The number of hydrogen-bond donors (Lipinski definition) is 1. The molecule has 2 saturated heterocycles. The Kier molecular flexibility index (Phi) is 5.26. The van der Waals surface area contributed by atoms with Crippen LogP contribution in [0.5, 0.6) is 0 Å². The van der Waals surface area contributed by atoms with Gasteiger partial charge in [0.25, 0.3) is 0 Å². The first-order chi connectivity index (χ1) is 11.7. The Bertz CT molecular complexity index is 738. The molecule has 2 fully saturated rings. The molecule has 0 amide bonds. The molecule has 0 bridgehead atoms. The van der Waals surface area contributed by atoms with Gasteiger partial charge in [-0.2, -0.15) is 4.31 Å². The normalized spacial score (nSPS) is 23.3. The number of hydrogen-bond acceptors (Lipinski definition) is 4. The van der Waals surface area contributed by atoms with Crippen LogP contribution in [-0.4, -0.2) is 62.9 Å². The fraction of sp³-hybridized carbons (Fsp3) is 0.684. The van der Waals surface area contributed by atoms with E-state index in [1.54, 1.807) is 4.31 Å². The van der Waals surface area contributed by atoms with Crippen LogP contribution in [0.4, 0.5) is 0 Å². The fourth-order valence-corrected chi connectivity index (χ4v) is 6.31. The van der Waals surface area contributed by atoms with Crippen LogP contribution in [0.3, 0.4) is 0 Å². The minimum atomic E-state index is -3.44. The molecule has 2 aliphatic heterocycles. The minimum absolute atomic E-state index is 0.352. The Labute approximate surface area is 152 Å². The Balaban J connectivity index is 1.91. The number of sulfonamides is 1. The monoisotopic (exact) mass is 365 g/mol. The second-order valence-corrected chi connectivity index (χ2v) is 9.42. The lowest BCUT2D eigenvalue weighted by atomic mass is 9.95. The highest BCUT2D eigenvalue weighted by atomic mass is 32.2. The van der Waals surface area contributed by atoms with Gasteiger partial charge >= 0.3 is 0 Å². The zero-order valence-corrected chi connectivity index (χ0v) is 17.0. The highest BCUT2D eigenvalue weighted by Crippen LogP contribution is 2.33. The van der Waals surface area contributed by atoms with Crippen molar-refractivity contribution in [2.75, 3.05) is 39.3 Å². The molecule has 0 saturated carbocycles. The van der Waals surface area contributed by atoms with Gasteiger partial charge in [-0.1, -0.05) is 0 Å². The maximum atomic E-state index is 13.4. The van der Waals surface area contributed by atoms with Gasteiger partial charge in [0.15, 0.2) is 0 Å². The Morgan fingerprint density at radius 1 is 0.840 bits per heavy atom. The second-order valence-electron chi connectivity index (χ2n) is 7.55. The fourth-order valence-electron chi connectivity index (χ4n) is 4.26. The number of nitrogens with zero attached hydrogens (tertiary/aromatic N) is 2. The van der Waals surface area contributed by atoms with Crippen LogP contribution < -0.4 is 5.32 Å². The molecule has 0 aliphatic carbocycles. The zero-order valence-electron chi connectivity index (χ0n) is 16.1. The lowest BCUT2D eigenvalue weighted by Crippen LogP contribution is -2.49. The molecule has 0 spiro atoms. The van der Waals surface area contributed by atoms with Crippen molar-refractivity contribution >= 4 is 10.0 Å². The zero-order chi connectivity index (χ0) is 18.4. The summed E-state index contributed by atoms with van der Waals surface area (Å²) < 4.78 is 28.5. The van der Waals surface area contributed by atoms with E-state index in [4.69, 9.17) is 0 Å². The van der Waals surface area contributed by atoms with E-state index in [9.17, 15) is 8.42 Å². The Morgan fingerprint density at radius 3 is 1.92 bits per heavy atom. The predicted molar refractivity (Wildman–Crippen MR) is 102 cm³/mol. The van der Waals surface area contributed by atoms with Crippen molar-refractivity contribution in [3.8, 4) is 0 Å². The molecular formula is C19H31N3O2S. The summed E-state index contributed by atoms with van der Waals surface area (Å²) >= 11 is 0. The van der Waals surface area contributed by atoms with Crippen LogP contribution in [-0.2, 0) is 10.0 Å². The number of nitrogens with one attached hydrogen (secondary N) is 1. The van der Waals surface area contributed by atoms with Gasteiger partial charge in [0.2, 0.25) is 10.0 Å². The average Bonchev–Trinajstić information content (AvgIpc) is 3.10. The van der Waals surface area contributed by atoms with Crippen LogP contribution in [0.1, 0.15) is 34.2 Å². The van der Waals surface area contributed by atoms with Crippen molar-refractivity contribution in [3.63, 3.8) is 0 Å². The van der Waals surface area contributed by atoms with Gasteiger partial charge in [-0.05, 0) is 68.9 Å². The lowest BCUT2D eigenvalue weighted by Gasteiger charge is -2.32. The van der Waals surface area contributed by atoms with Crippen molar-refractivity contribution in [1.82, 2.24) is 14.5 Å². The quantitative estimate of drug-likeness (QED) is 0.889. The smallest absolute Gasteiger partial charge is 0.243 e. The van der Waals surface area contributed by atoms with Crippen LogP contribution in [0.25, 0.3) is 0 Å². The molecule has 1 atom stereocenters. The summed E-state index contributed by atoms with van der Waals surface area (Å²) in [4.78, 5) is 2.98. The van der Waals surface area contributed by atoms with Gasteiger partial charge in [-0.15, -0.1) is 0 Å². The van der Waals surface area contributed by atoms with Crippen LogP contribution >= 0.6 is 0 Å². The third kappa shape index (κ3) is 3.25. The molecule has 0 aromatic heterocycles. The highest BCUT2D eigenvalue weighted by molar-refractivity contribution is 7.89. The summed E-state index contributed by atoms with van der Waals surface area (Å²) in [5, 5.41) is 3.36. The summed E-state index contributed by atoms with van der Waals surface area (Å²) in [6.07, 6.45) is 0.932. The number of rotatable bonds is 3. The molecule has 3 rings (SSSR count). The highest BCUT2D eigenvalue weighted by Gasteiger charge is 2.37. The molecule has 25 heavy (non-hydrogen) atoms. The van der Waals surface area contributed by atoms with E-state index in [1.165, 1.54) is 5.56 Å². The molecule has 6 heteroatoms. The van der Waals surface area contributed by atoms with E-state index in [0.29, 0.717) is 24.0 Å². The van der Waals surface area contributed by atoms with Gasteiger partial charge in [0, 0.05) is 45.3 Å². The van der Waals surface area contributed by atoms with E-state index in [0.717, 1.165) is 54.9 Å². The Hall–Kier alpha value is -0.950. The molecule has 1 N–H and O–H groups in total. The van der Waals surface area contributed by atoms with Crippen molar-refractivity contribution in [2.24, 2.45) is 0 Å². The maximum absolute atomic E-state index is 13.4. The molecule has 5 nitrogen and oxygen atoms in total. The van der Waals surface area contributed by atoms with Crippen LogP contribution in [0, 0.1) is 34.6 Å². The summed E-state index contributed by atoms with van der Waals surface area (Å²) in [7, 11) is -3.44. The SMILES string of the molecule is Cc1c(C)c(C)c(S(=O)(=O)N2CCC(N3CCNCC3)C2)c(C)c1C. The molecule has 1 aromatic carbocycles. The van der Waals surface area contributed by atoms with E-state index in [1.807, 2.05) is 27.7 Å². The van der Waals surface area contributed by atoms with Crippen molar-refractivity contribution in [1.29, 1.82) is 0 Å². The minimum Gasteiger partial charge on any atom is -0.314 e. The van der Waals surface area contributed by atoms with E-state index in [2.05, 4.69) is 17.1 Å². The van der Waals surface area contributed by atoms with Gasteiger partial charge in [-0.25, -0.2) is 8.42 Å². The van der Waals surface area contributed by atoms with Gasteiger partial charge < -0.3 is 5.32 Å². The third-order valence-corrected chi connectivity index (χ3v) is 8.46. The number of benzene rings is 1. The lowest BCUT2D eigenvalue weighted by molar-refractivity contribution is 0.179. The number of piperazine rings is 1. The van der Waals surface area contributed by atoms with Crippen molar-refractivity contribution < 1.29 is 8.42 Å². The third-order valence-electron chi connectivity index (χ3n) is 6.32. The molecule has 140 valence electrons. The summed E-state index contributed by atoms with van der Waals surface area (Å²) in [5.74, 6) is 0. The molecule has 2 aliphatic rings. The molecule has 0 radical (unpaired) electrons. The molecule has 1 unspecified atom stereocenters. The largest absolute Gasteiger partial charge is 0.314 e. The van der Waals surface area contributed by atoms with E-state index >= 15 is 0 Å². The van der Waals surface area contributed by atoms with Gasteiger partial charge in [0.05, 0.1) is 4.90 Å². The van der Waals surface area contributed by atoms with Crippen molar-refractivity contribution in [2.45, 2.75) is 52.0 Å². The van der Waals surface area contributed by atoms with Gasteiger partial charge in [-0.3, -0.25) is 4.90 Å². The molecule has 1 aromatic rings. The summed E-state index contributed by atoms with van der Waals surface area (Å²) in [6, 6.07) is 0.352. The summed E-state index contributed by atoms with van der Waals surface area (Å²) in [5.41, 5.74) is 5.21. The topological polar surface area (TPSA) is 52.7 Å².